The van der Waals surface area contributed by atoms with Gasteiger partial charge in [-0.1, -0.05) is 22.8 Å². The van der Waals surface area contributed by atoms with Crippen LogP contribution in [-0.4, -0.2) is 22.1 Å². The van der Waals surface area contributed by atoms with Crippen LogP contribution in [0.5, 0.6) is 0 Å². The first kappa shape index (κ1) is 15.3. The van der Waals surface area contributed by atoms with Crippen LogP contribution in [0.25, 0.3) is 0 Å². The minimum absolute atomic E-state index is 0.257. The van der Waals surface area contributed by atoms with Crippen LogP contribution in [0.4, 0.5) is 4.39 Å². The molecule has 0 bridgehead atoms. The van der Waals surface area contributed by atoms with Crippen molar-refractivity contribution in [2.45, 2.75) is 18.9 Å². The van der Waals surface area contributed by atoms with Crippen LogP contribution >= 0.6 is 23.4 Å². The van der Waals surface area contributed by atoms with Crippen molar-refractivity contribution in [3.8, 4) is 0 Å². The number of hydrogen-bond donors (Lipinski definition) is 1. The van der Waals surface area contributed by atoms with Crippen LogP contribution in [0.1, 0.15) is 29.7 Å². The highest BCUT2D eigenvalue weighted by Gasteiger charge is 2.15. The topological polar surface area (TPSA) is 64.9 Å². The van der Waals surface area contributed by atoms with E-state index in [1.165, 1.54) is 12.1 Å². The number of thioether (sulfide) groups is 1. The Hall–Kier alpha value is -1.11. The van der Waals surface area contributed by atoms with Gasteiger partial charge in [0.05, 0.1) is 6.04 Å². The largest absolute Gasteiger partial charge is 0.338 e. The van der Waals surface area contributed by atoms with Gasteiger partial charge in [-0.3, -0.25) is 0 Å². The maximum atomic E-state index is 13.0. The summed E-state index contributed by atoms with van der Waals surface area (Å²) in [5.41, 5.74) is 6.70. The molecule has 0 amide bonds. The molecule has 0 saturated heterocycles. The lowest BCUT2D eigenvalue weighted by Gasteiger charge is -2.03. The molecule has 7 heteroatoms. The summed E-state index contributed by atoms with van der Waals surface area (Å²) in [6, 6.07) is 3.97. The molecule has 0 unspecified atom stereocenters. The van der Waals surface area contributed by atoms with E-state index in [-0.39, 0.29) is 11.9 Å². The molecule has 0 spiro atoms. The molecule has 0 fully saturated rings. The normalized spacial score (nSPS) is 12.6. The highest BCUT2D eigenvalue weighted by molar-refractivity contribution is 7.98. The van der Waals surface area contributed by atoms with E-state index >= 15 is 0 Å². The third-order valence-corrected chi connectivity index (χ3v) is 3.79. The molecule has 1 aromatic carbocycles. The molecule has 108 valence electrons. The second-order valence-corrected chi connectivity index (χ2v) is 5.74. The van der Waals surface area contributed by atoms with Gasteiger partial charge < -0.3 is 10.3 Å². The molecule has 2 N–H and O–H groups in total. The van der Waals surface area contributed by atoms with Crippen LogP contribution in [0.3, 0.4) is 0 Å². The van der Waals surface area contributed by atoms with Crippen LogP contribution in [0.2, 0.25) is 5.02 Å². The molecule has 0 radical (unpaired) electrons. The second-order valence-electron chi connectivity index (χ2n) is 4.35. The van der Waals surface area contributed by atoms with Crippen molar-refractivity contribution < 1.29 is 8.91 Å². The summed E-state index contributed by atoms with van der Waals surface area (Å²) in [4.78, 5) is 4.26. The molecule has 0 aliphatic heterocycles. The quantitative estimate of drug-likeness (QED) is 0.886. The minimum atomic E-state index is -0.369. The maximum absolute atomic E-state index is 13.0. The van der Waals surface area contributed by atoms with E-state index in [0.717, 1.165) is 17.7 Å². The average molecular weight is 316 g/mol. The van der Waals surface area contributed by atoms with Gasteiger partial charge in [0.25, 0.3) is 0 Å². The lowest BCUT2D eigenvalue weighted by atomic mass is 10.1. The summed E-state index contributed by atoms with van der Waals surface area (Å²) in [7, 11) is 0. The Morgan fingerprint density at radius 2 is 2.30 bits per heavy atom. The van der Waals surface area contributed by atoms with Crippen molar-refractivity contribution in [2.24, 2.45) is 5.73 Å². The predicted octanol–water partition coefficient (Wildman–Crippen LogP) is 3.21. The van der Waals surface area contributed by atoms with Gasteiger partial charge >= 0.3 is 0 Å². The van der Waals surface area contributed by atoms with Crippen LogP contribution in [-0.2, 0) is 6.42 Å². The van der Waals surface area contributed by atoms with E-state index in [1.807, 2.05) is 6.26 Å². The standard InChI is InChI=1S/C13H15ClFN3OS/c1-20-5-4-11(16)13-17-12(18-19-13)6-8-2-3-9(15)7-10(8)14/h2-3,7,11H,4-6,16H2,1H3/t11-/m1/s1. The second kappa shape index (κ2) is 7.06. The zero-order valence-corrected chi connectivity index (χ0v) is 12.5. The number of nitrogens with zero attached hydrogens (tertiary/aromatic N) is 2. The van der Waals surface area contributed by atoms with Gasteiger partial charge in [0.15, 0.2) is 5.82 Å². The lowest BCUT2D eigenvalue weighted by Crippen LogP contribution is -2.11. The highest BCUT2D eigenvalue weighted by atomic mass is 35.5. The fourth-order valence-corrected chi connectivity index (χ4v) is 2.42. The first-order valence-electron chi connectivity index (χ1n) is 6.11. The molecule has 20 heavy (non-hydrogen) atoms. The van der Waals surface area contributed by atoms with E-state index in [0.29, 0.717) is 23.2 Å². The smallest absolute Gasteiger partial charge is 0.243 e. The zero-order valence-electron chi connectivity index (χ0n) is 11.0. The van der Waals surface area contributed by atoms with Gasteiger partial charge in [-0.05, 0) is 36.1 Å². The van der Waals surface area contributed by atoms with Crippen LogP contribution in [0, 0.1) is 5.82 Å². The summed E-state index contributed by atoms with van der Waals surface area (Å²) in [5, 5.41) is 4.23. The Labute approximate surface area is 125 Å². The molecule has 0 aliphatic carbocycles. The van der Waals surface area contributed by atoms with E-state index in [4.69, 9.17) is 21.9 Å². The molecule has 1 aromatic heterocycles. The number of nitrogens with two attached hydrogens (primary N) is 1. The van der Waals surface area contributed by atoms with E-state index in [1.54, 1.807) is 17.8 Å². The number of benzene rings is 1. The summed E-state index contributed by atoms with van der Waals surface area (Å²) in [6.07, 6.45) is 3.18. The average Bonchev–Trinajstić information content (AvgIpc) is 2.88. The predicted molar refractivity (Wildman–Crippen MR) is 78.4 cm³/mol. The van der Waals surface area contributed by atoms with Crippen molar-refractivity contribution in [1.29, 1.82) is 0 Å². The SMILES string of the molecule is CSCC[C@@H](N)c1nc(Cc2ccc(F)cc2Cl)no1. The third kappa shape index (κ3) is 3.94. The molecular formula is C13H15ClFN3OS. The molecule has 0 aliphatic rings. The summed E-state index contributed by atoms with van der Waals surface area (Å²) in [5.74, 6) is 1.48. The minimum Gasteiger partial charge on any atom is -0.338 e. The fourth-order valence-electron chi connectivity index (χ4n) is 1.69. The Morgan fingerprint density at radius 3 is 3.00 bits per heavy atom. The van der Waals surface area contributed by atoms with Crippen molar-refractivity contribution in [3.05, 3.63) is 46.3 Å². The van der Waals surface area contributed by atoms with Crippen LogP contribution < -0.4 is 5.73 Å². The van der Waals surface area contributed by atoms with Gasteiger partial charge in [-0.25, -0.2) is 4.39 Å². The third-order valence-electron chi connectivity index (χ3n) is 2.80. The van der Waals surface area contributed by atoms with E-state index in [9.17, 15) is 4.39 Å². The maximum Gasteiger partial charge on any atom is 0.243 e. The Morgan fingerprint density at radius 1 is 1.50 bits per heavy atom. The summed E-state index contributed by atoms with van der Waals surface area (Å²) in [6.45, 7) is 0. The molecule has 1 atom stereocenters. The number of rotatable bonds is 6. The van der Waals surface area contributed by atoms with Crippen molar-refractivity contribution in [2.75, 3.05) is 12.0 Å². The lowest BCUT2D eigenvalue weighted by molar-refractivity contribution is 0.349. The highest BCUT2D eigenvalue weighted by Crippen LogP contribution is 2.20. The van der Waals surface area contributed by atoms with Gasteiger partial charge in [0.2, 0.25) is 5.89 Å². The number of hydrogen-bond acceptors (Lipinski definition) is 5. The zero-order chi connectivity index (χ0) is 14.5. The van der Waals surface area contributed by atoms with Crippen LogP contribution in [0.15, 0.2) is 22.7 Å². The number of aromatic nitrogens is 2. The first-order valence-corrected chi connectivity index (χ1v) is 7.88. The molecule has 0 saturated carbocycles. The van der Waals surface area contributed by atoms with Gasteiger partial charge in [-0.15, -0.1) is 0 Å². The fraction of sp³-hybridized carbons (Fsp3) is 0.385. The van der Waals surface area contributed by atoms with Gasteiger partial charge in [-0.2, -0.15) is 16.7 Å². The molecule has 2 rings (SSSR count). The summed E-state index contributed by atoms with van der Waals surface area (Å²) < 4.78 is 18.1. The Balaban J connectivity index is 2.05. The monoisotopic (exact) mass is 315 g/mol. The molecular weight excluding hydrogens is 301 g/mol. The van der Waals surface area contributed by atoms with Gasteiger partial charge in [0.1, 0.15) is 5.82 Å². The molecule has 2 aromatic rings. The molecule has 1 heterocycles. The van der Waals surface area contributed by atoms with Gasteiger partial charge in [0, 0.05) is 11.4 Å². The summed E-state index contributed by atoms with van der Waals surface area (Å²) >= 11 is 7.68. The Kier molecular flexibility index (Phi) is 5.39. The van der Waals surface area contributed by atoms with Crippen molar-refractivity contribution in [3.63, 3.8) is 0 Å². The van der Waals surface area contributed by atoms with E-state index < -0.39 is 0 Å². The first-order chi connectivity index (χ1) is 9.60. The Bertz CT molecular complexity index is 578. The van der Waals surface area contributed by atoms with Crippen molar-refractivity contribution in [1.82, 2.24) is 10.1 Å². The number of halogens is 2. The van der Waals surface area contributed by atoms with Crippen molar-refractivity contribution >= 4 is 23.4 Å². The molecule has 4 nitrogen and oxygen atoms in total. The van der Waals surface area contributed by atoms with E-state index in [2.05, 4.69) is 10.1 Å².